The van der Waals surface area contributed by atoms with E-state index in [1.807, 2.05) is 42.8 Å². The van der Waals surface area contributed by atoms with Crippen LogP contribution in [0.4, 0.5) is 5.69 Å². The molecule has 0 N–H and O–H groups in total. The number of nitrogens with zero attached hydrogens (tertiary/aromatic N) is 4. The van der Waals surface area contributed by atoms with Gasteiger partial charge < -0.3 is 9.80 Å². The number of rotatable bonds is 6. The molecule has 2 fully saturated rings. The highest BCUT2D eigenvalue weighted by Crippen LogP contribution is 2.27. The molecule has 1 unspecified atom stereocenters. The normalized spacial score (nSPS) is 20.2. The predicted molar refractivity (Wildman–Crippen MR) is 122 cm³/mol. The third-order valence-corrected chi connectivity index (χ3v) is 8.28. The van der Waals surface area contributed by atoms with Crippen molar-refractivity contribution in [3.8, 4) is 0 Å². The summed E-state index contributed by atoms with van der Waals surface area (Å²) in [6.45, 7) is 5.02. The monoisotopic (exact) mass is 458 g/mol. The zero-order valence-electron chi connectivity index (χ0n) is 18.9. The van der Waals surface area contributed by atoms with Crippen molar-refractivity contribution in [3.05, 3.63) is 46.8 Å². The summed E-state index contributed by atoms with van der Waals surface area (Å²) in [4.78, 5) is 28.2. The molecule has 0 saturated carbocycles. The van der Waals surface area contributed by atoms with E-state index in [0.717, 1.165) is 41.2 Å². The molecule has 9 heteroatoms. The van der Waals surface area contributed by atoms with Gasteiger partial charge in [0.1, 0.15) is 0 Å². The van der Waals surface area contributed by atoms with Crippen LogP contribution in [-0.2, 0) is 32.4 Å². The summed E-state index contributed by atoms with van der Waals surface area (Å²) in [5.74, 6) is 0.469. The quantitative estimate of drug-likeness (QED) is 0.662. The van der Waals surface area contributed by atoms with Crippen molar-refractivity contribution in [2.75, 3.05) is 30.0 Å². The van der Waals surface area contributed by atoms with E-state index >= 15 is 0 Å². The van der Waals surface area contributed by atoms with Crippen LogP contribution in [0.15, 0.2) is 24.3 Å². The summed E-state index contributed by atoms with van der Waals surface area (Å²) in [5.41, 5.74) is 4.49. The maximum absolute atomic E-state index is 12.8. The fourth-order valence-corrected chi connectivity index (χ4v) is 6.29. The lowest BCUT2D eigenvalue weighted by atomic mass is 10.1. The predicted octanol–water partition coefficient (Wildman–Crippen LogP) is 2.19. The number of likely N-dealkylation sites (N-methyl/N-ethyl adjacent to an activating group) is 1. The molecule has 0 spiro atoms. The first-order valence-electron chi connectivity index (χ1n) is 11.0. The Morgan fingerprint density at radius 1 is 1.22 bits per heavy atom. The average molecular weight is 459 g/mol. The van der Waals surface area contributed by atoms with Crippen LogP contribution < -0.4 is 4.90 Å². The Morgan fingerprint density at radius 2 is 1.94 bits per heavy atom. The van der Waals surface area contributed by atoms with E-state index in [2.05, 4.69) is 5.10 Å². The maximum atomic E-state index is 12.8. The first-order chi connectivity index (χ1) is 15.1. The summed E-state index contributed by atoms with van der Waals surface area (Å²) in [7, 11) is -1.22. The number of sulfone groups is 1. The SMILES string of the molecule is Cc1nn(C2CCS(=O)(=O)C2)c(C)c1CN(C)C(=O)Cc1ccc(N2CCCC2=O)cc1. The molecule has 0 aliphatic carbocycles. The van der Waals surface area contributed by atoms with Crippen LogP contribution in [0.1, 0.15) is 47.8 Å². The van der Waals surface area contributed by atoms with Crippen molar-refractivity contribution in [1.29, 1.82) is 0 Å². The first-order valence-corrected chi connectivity index (χ1v) is 12.8. The van der Waals surface area contributed by atoms with Crippen molar-refractivity contribution in [3.63, 3.8) is 0 Å². The van der Waals surface area contributed by atoms with E-state index < -0.39 is 9.84 Å². The highest BCUT2D eigenvalue weighted by Gasteiger charge is 2.31. The van der Waals surface area contributed by atoms with Crippen LogP contribution in [0.25, 0.3) is 0 Å². The first kappa shape index (κ1) is 22.5. The molecule has 0 bridgehead atoms. The number of hydrogen-bond donors (Lipinski definition) is 0. The molecule has 4 rings (SSSR count). The zero-order valence-corrected chi connectivity index (χ0v) is 19.7. The molecule has 32 heavy (non-hydrogen) atoms. The van der Waals surface area contributed by atoms with Crippen LogP contribution in [0.2, 0.25) is 0 Å². The highest BCUT2D eigenvalue weighted by molar-refractivity contribution is 7.91. The molecule has 1 atom stereocenters. The van der Waals surface area contributed by atoms with Crippen molar-refractivity contribution in [2.24, 2.45) is 0 Å². The van der Waals surface area contributed by atoms with Crippen LogP contribution in [0.5, 0.6) is 0 Å². The Hall–Kier alpha value is -2.68. The van der Waals surface area contributed by atoms with Crippen molar-refractivity contribution >= 4 is 27.3 Å². The minimum Gasteiger partial charge on any atom is -0.341 e. The summed E-state index contributed by atoms with van der Waals surface area (Å²) < 4.78 is 25.5. The van der Waals surface area contributed by atoms with E-state index in [-0.39, 0.29) is 35.8 Å². The third-order valence-electron chi connectivity index (χ3n) is 6.53. The second kappa shape index (κ2) is 8.69. The standard InChI is InChI=1S/C23H30N4O4S/c1-16-21(17(2)27(24-16)20-10-12-32(30,31)15-20)14-25(3)23(29)13-18-6-8-19(9-7-18)26-11-4-5-22(26)28/h6-9,20H,4-5,10-15H2,1-3H3. The van der Waals surface area contributed by atoms with E-state index in [4.69, 9.17) is 0 Å². The number of carbonyl (C=O) groups excluding carboxylic acids is 2. The second-order valence-electron chi connectivity index (χ2n) is 8.89. The third kappa shape index (κ3) is 4.57. The van der Waals surface area contributed by atoms with Crippen LogP contribution in [0, 0.1) is 13.8 Å². The Balaban J connectivity index is 1.40. The van der Waals surface area contributed by atoms with Gasteiger partial charge >= 0.3 is 0 Å². The fraction of sp³-hybridized carbons (Fsp3) is 0.522. The van der Waals surface area contributed by atoms with Gasteiger partial charge in [-0.3, -0.25) is 14.3 Å². The number of aryl methyl sites for hydroxylation is 1. The molecule has 2 amide bonds. The molecule has 0 radical (unpaired) electrons. The number of carbonyl (C=O) groups is 2. The molecule has 3 heterocycles. The maximum Gasteiger partial charge on any atom is 0.227 e. The van der Waals surface area contributed by atoms with Crippen LogP contribution in [-0.4, -0.2) is 60.0 Å². The van der Waals surface area contributed by atoms with Gasteiger partial charge in [0.25, 0.3) is 0 Å². The summed E-state index contributed by atoms with van der Waals surface area (Å²) >= 11 is 0. The molecule has 8 nitrogen and oxygen atoms in total. The van der Waals surface area contributed by atoms with Gasteiger partial charge in [0.05, 0.1) is 29.7 Å². The Bertz CT molecular complexity index is 1140. The highest BCUT2D eigenvalue weighted by atomic mass is 32.2. The van der Waals surface area contributed by atoms with Gasteiger partial charge in [-0.25, -0.2) is 8.42 Å². The molecule has 172 valence electrons. The number of amides is 2. The number of anilines is 1. The van der Waals surface area contributed by atoms with Gasteiger partial charge in [-0.2, -0.15) is 5.10 Å². The molecule has 2 aromatic rings. The van der Waals surface area contributed by atoms with Gasteiger partial charge in [0.15, 0.2) is 9.84 Å². The molecule has 2 aliphatic heterocycles. The smallest absolute Gasteiger partial charge is 0.227 e. The van der Waals surface area contributed by atoms with Gasteiger partial charge in [0, 0.05) is 43.5 Å². The molecule has 1 aromatic carbocycles. The van der Waals surface area contributed by atoms with E-state index in [0.29, 0.717) is 19.4 Å². The lowest BCUT2D eigenvalue weighted by Crippen LogP contribution is -2.28. The minimum absolute atomic E-state index is 0.00927. The number of benzene rings is 1. The molecule has 2 aliphatic rings. The van der Waals surface area contributed by atoms with Gasteiger partial charge in [0.2, 0.25) is 11.8 Å². The lowest BCUT2D eigenvalue weighted by Gasteiger charge is -2.19. The zero-order chi connectivity index (χ0) is 23.0. The lowest BCUT2D eigenvalue weighted by molar-refractivity contribution is -0.129. The van der Waals surface area contributed by atoms with E-state index in [1.165, 1.54) is 0 Å². The molecule has 1 aromatic heterocycles. The summed E-state index contributed by atoms with van der Waals surface area (Å²) in [6, 6.07) is 7.48. The fourth-order valence-electron chi connectivity index (χ4n) is 4.60. The summed E-state index contributed by atoms with van der Waals surface area (Å²) in [5, 5.41) is 4.59. The second-order valence-corrected chi connectivity index (χ2v) is 11.1. The van der Waals surface area contributed by atoms with Crippen LogP contribution in [0.3, 0.4) is 0 Å². The van der Waals surface area contributed by atoms with Crippen LogP contribution >= 0.6 is 0 Å². The van der Waals surface area contributed by atoms with E-state index in [1.54, 1.807) is 16.8 Å². The minimum atomic E-state index is -2.99. The van der Waals surface area contributed by atoms with Gasteiger partial charge in [-0.15, -0.1) is 0 Å². The molecular formula is C23H30N4O4S. The van der Waals surface area contributed by atoms with Gasteiger partial charge in [-0.1, -0.05) is 12.1 Å². The largest absolute Gasteiger partial charge is 0.341 e. The Labute approximate surface area is 189 Å². The topological polar surface area (TPSA) is 92.6 Å². The van der Waals surface area contributed by atoms with Gasteiger partial charge in [-0.05, 0) is 44.4 Å². The van der Waals surface area contributed by atoms with Crippen molar-refractivity contribution in [2.45, 2.75) is 52.1 Å². The van der Waals surface area contributed by atoms with Crippen molar-refractivity contribution in [1.82, 2.24) is 14.7 Å². The number of aromatic nitrogens is 2. The Kier molecular flexibility index (Phi) is 6.11. The number of hydrogen-bond acceptors (Lipinski definition) is 5. The molecular weight excluding hydrogens is 428 g/mol. The summed E-state index contributed by atoms with van der Waals surface area (Å²) in [6.07, 6.45) is 2.34. The molecule has 2 saturated heterocycles. The van der Waals surface area contributed by atoms with Crippen molar-refractivity contribution < 1.29 is 18.0 Å². The average Bonchev–Trinajstić information content (AvgIpc) is 3.41. The Morgan fingerprint density at radius 3 is 2.53 bits per heavy atom. The van der Waals surface area contributed by atoms with E-state index in [9.17, 15) is 18.0 Å².